The number of aryl methyl sites for hydroxylation is 1. The van der Waals surface area contributed by atoms with Gasteiger partial charge >= 0.3 is 16.3 Å². The summed E-state index contributed by atoms with van der Waals surface area (Å²) in [6.45, 7) is 3.68. The van der Waals surface area contributed by atoms with Crippen LogP contribution in [0.1, 0.15) is 31.8 Å². The van der Waals surface area contributed by atoms with Gasteiger partial charge in [0, 0.05) is 11.8 Å². The number of nitrogen functional groups attached to an aromatic ring is 1. The zero-order valence-electron chi connectivity index (χ0n) is 18.0. The van der Waals surface area contributed by atoms with E-state index in [0.717, 1.165) is 16.1 Å². The van der Waals surface area contributed by atoms with Gasteiger partial charge in [0.2, 0.25) is 11.5 Å². The molecule has 1 amide bonds. The number of β-lactam (4-membered cyclic amide) rings is 1. The third-order valence-corrected chi connectivity index (χ3v) is 6.39. The van der Waals surface area contributed by atoms with Crippen molar-refractivity contribution in [3.05, 3.63) is 16.9 Å². The molecular formula is C16H20N8O8S2. The predicted molar refractivity (Wildman–Crippen MR) is 114 cm³/mol. The number of carboxylic acids is 1. The second kappa shape index (κ2) is 9.03. The van der Waals surface area contributed by atoms with E-state index in [0.29, 0.717) is 0 Å². The minimum atomic E-state index is -4.92. The van der Waals surface area contributed by atoms with E-state index in [2.05, 4.69) is 25.6 Å². The van der Waals surface area contributed by atoms with Crippen molar-refractivity contribution in [2.45, 2.75) is 45.4 Å². The Labute approximate surface area is 196 Å². The molecular weight excluding hydrogens is 496 g/mol. The maximum Gasteiger partial charge on any atom is 0.362 e. The molecule has 2 aromatic rings. The van der Waals surface area contributed by atoms with Gasteiger partial charge in [-0.25, -0.2) is 14.1 Å². The van der Waals surface area contributed by atoms with Crippen molar-refractivity contribution in [2.75, 3.05) is 5.73 Å². The Morgan fingerprint density at radius 3 is 2.56 bits per heavy atom. The Bertz CT molecular complexity index is 1270. The van der Waals surface area contributed by atoms with Gasteiger partial charge in [0.25, 0.3) is 0 Å². The lowest BCUT2D eigenvalue weighted by Gasteiger charge is -2.43. The molecule has 184 valence electrons. The summed E-state index contributed by atoms with van der Waals surface area (Å²) in [5.74, 6) is -4.09. The molecule has 1 aliphatic heterocycles. The first-order chi connectivity index (χ1) is 15.7. The Kier molecular flexibility index (Phi) is 6.67. The van der Waals surface area contributed by atoms with Gasteiger partial charge in [0.1, 0.15) is 5.69 Å². The number of rotatable bonds is 10. The number of aliphatic carboxylic acids is 1. The van der Waals surface area contributed by atoms with Crippen LogP contribution in [0.2, 0.25) is 0 Å². The van der Waals surface area contributed by atoms with Gasteiger partial charge in [0.05, 0.1) is 18.5 Å². The molecule has 0 radical (unpaired) electrons. The van der Waals surface area contributed by atoms with Crippen LogP contribution >= 0.6 is 11.3 Å². The Balaban J connectivity index is 1.89. The van der Waals surface area contributed by atoms with Gasteiger partial charge in [-0.15, -0.1) is 21.5 Å². The van der Waals surface area contributed by atoms with E-state index in [9.17, 15) is 32.5 Å². The highest BCUT2D eigenvalue weighted by atomic mass is 32.2. The molecule has 1 aliphatic rings. The zero-order chi connectivity index (χ0) is 25.4. The van der Waals surface area contributed by atoms with E-state index >= 15 is 0 Å². The highest BCUT2D eigenvalue weighted by Gasteiger charge is 2.54. The van der Waals surface area contributed by atoms with E-state index < -0.39 is 57.7 Å². The second-order valence-electron chi connectivity index (χ2n) is 7.72. The molecule has 16 nitrogen and oxygen atoms in total. The number of carbonyl (C=O) groups is 3. The lowest BCUT2D eigenvalue weighted by Crippen LogP contribution is -2.64. The number of amides is 1. The van der Waals surface area contributed by atoms with Crippen LogP contribution in [0.3, 0.4) is 0 Å². The molecule has 3 heterocycles. The lowest BCUT2D eigenvalue weighted by molar-refractivity contribution is -0.161. The van der Waals surface area contributed by atoms with Crippen LogP contribution in [0, 0.1) is 12.8 Å². The number of ketones is 1. The van der Waals surface area contributed by atoms with Gasteiger partial charge < -0.3 is 15.7 Å². The molecule has 4 N–H and O–H groups in total. The molecule has 3 rings (SSSR count). The molecule has 18 heteroatoms. The summed E-state index contributed by atoms with van der Waals surface area (Å²) in [5, 5.41) is 25.6. The average molecular weight is 517 g/mol. The summed E-state index contributed by atoms with van der Waals surface area (Å²) in [6.07, 6.45) is -0.559. The third kappa shape index (κ3) is 5.18. The number of tetrazole rings is 1. The van der Waals surface area contributed by atoms with Crippen LogP contribution in [0.25, 0.3) is 0 Å². The number of carboxylic acid groups (broad SMARTS) is 1. The first kappa shape index (κ1) is 25.1. The van der Waals surface area contributed by atoms with Crippen LogP contribution in [0.15, 0.2) is 10.5 Å². The smallest absolute Gasteiger partial charge is 0.362 e. The molecule has 34 heavy (non-hydrogen) atoms. The first-order valence-corrected chi connectivity index (χ1v) is 11.8. The number of hydrogen-bond donors (Lipinski definition) is 3. The standard InChI is InChI=1S/C16H20N8O8S2/c1-7-19-22-23(20-7)5-10-8(13(26)24(10)34(29,30)31)4-11(25)12(9-6-33-15(17)18-9)21-32-16(2,3)14(27)28/h6,8,10H,4-5H2,1-3H3,(H2,17,18)(H,27,28)(H,29,30,31)/b21-12-/t8-,10+/m0/s1. The zero-order valence-corrected chi connectivity index (χ0v) is 19.6. The number of carbonyl (C=O) groups excluding carboxylic acids is 2. The molecule has 0 unspecified atom stereocenters. The number of nitrogens with two attached hydrogens (primary N) is 1. The van der Waals surface area contributed by atoms with E-state index in [1.807, 2.05) is 0 Å². The molecule has 1 fully saturated rings. The predicted octanol–water partition coefficient (Wildman–Crippen LogP) is -1.11. The second-order valence-corrected chi connectivity index (χ2v) is 9.90. The molecule has 2 atom stereocenters. The Morgan fingerprint density at radius 1 is 1.38 bits per heavy atom. The minimum Gasteiger partial charge on any atom is -0.478 e. The molecule has 1 saturated heterocycles. The van der Waals surface area contributed by atoms with Crippen molar-refractivity contribution in [3.8, 4) is 0 Å². The van der Waals surface area contributed by atoms with E-state index in [1.54, 1.807) is 0 Å². The SMILES string of the molecule is Cc1nnn(C[C@@H]2[C@H](CC(=O)/C(=N\OC(C)(C)C(=O)O)c3csc(N)n3)C(=O)N2S(=O)(=O)O)n1. The highest BCUT2D eigenvalue weighted by Crippen LogP contribution is 2.33. The molecule has 0 spiro atoms. The number of anilines is 1. The summed E-state index contributed by atoms with van der Waals surface area (Å²) >= 11 is 0.985. The Hall–Kier alpha value is -3.51. The van der Waals surface area contributed by atoms with Gasteiger partial charge in [0.15, 0.2) is 22.5 Å². The summed E-state index contributed by atoms with van der Waals surface area (Å²) in [6, 6.07) is -1.20. The average Bonchev–Trinajstić information content (AvgIpc) is 3.32. The Morgan fingerprint density at radius 2 is 2.06 bits per heavy atom. The number of oxime groups is 1. The van der Waals surface area contributed by atoms with E-state index in [4.69, 9.17) is 10.6 Å². The number of aromatic nitrogens is 5. The van der Waals surface area contributed by atoms with Gasteiger partial charge in [-0.2, -0.15) is 13.2 Å². The van der Waals surface area contributed by atoms with Crippen LogP contribution in [0.4, 0.5) is 5.13 Å². The topological polar surface area (TPSA) is 233 Å². The summed E-state index contributed by atoms with van der Waals surface area (Å²) in [7, 11) is -4.92. The van der Waals surface area contributed by atoms with Gasteiger partial charge in [-0.3, -0.25) is 14.1 Å². The molecule has 0 saturated carbocycles. The fourth-order valence-corrected chi connectivity index (χ4v) is 4.45. The lowest BCUT2D eigenvalue weighted by atomic mass is 9.84. The largest absolute Gasteiger partial charge is 0.478 e. The van der Waals surface area contributed by atoms with Crippen molar-refractivity contribution in [3.63, 3.8) is 0 Å². The minimum absolute atomic E-state index is 0.0165. The maximum atomic E-state index is 13.1. The highest BCUT2D eigenvalue weighted by molar-refractivity contribution is 7.84. The van der Waals surface area contributed by atoms with Crippen molar-refractivity contribution in [1.29, 1.82) is 0 Å². The number of Topliss-reactive ketones (excluding diaryl/α,β-unsaturated/α-hetero) is 1. The quantitative estimate of drug-likeness (QED) is 0.147. The molecule has 0 bridgehead atoms. The summed E-state index contributed by atoms with van der Waals surface area (Å²) in [5.41, 5.74) is 3.40. The van der Waals surface area contributed by atoms with Crippen molar-refractivity contribution >= 4 is 50.1 Å². The van der Waals surface area contributed by atoms with Crippen LogP contribution in [0.5, 0.6) is 0 Å². The molecule has 0 aliphatic carbocycles. The van der Waals surface area contributed by atoms with Crippen molar-refractivity contribution < 1.29 is 37.3 Å². The fraction of sp³-hybridized carbons (Fsp3) is 0.500. The monoisotopic (exact) mass is 516 g/mol. The number of thiazole rings is 1. The van der Waals surface area contributed by atoms with Crippen LogP contribution in [-0.4, -0.2) is 82.6 Å². The summed E-state index contributed by atoms with van der Waals surface area (Å²) in [4.78, 5) is 46.9. The van der Waals surface area contributed by atoms with Crippen LogP contribution < -0.4 is 5.73 Å². The molecule has 2 aromatic heterocycles. The number of hydrogen-bond acceptors (Lipinski definition) is 13. The van der Waals surface area contributed by atoms with Crippen LogP contribution in [-0.2, 0) is 36.1 Å². The van der Waals surface area contributed by atoms with Gasteiger partial charge in [-0.1, -0.05) is 5.16 Å². The maximum absolute atomic E-state index is 13.1. The normalized spacial score (nSPS) is 19.1. The van der Waals surface area contributed by atoms with E-state index in [1.165, 1.54) is 26.2 Å². The number of nitrogens with zero attached hydrogens (tertiary/aromatic N) is 7. The fourth-order valence-electron chi connectivity index (χ4n) is 2.98. The van der Waals surface area contributed by atoms with Crippen molar-refractivity contribution in [1.82, 2.24) is 29.5 Å². The first-order valence-electron chi connectivity index (χ1n) is 9.50. The third-order valence-electron chi connectivity index (χ3n) is 4.77. The van der Waals surface area contributed by atoms with Crippen molar-refractivity contribution in [2.24, 2.45) is 11.1 Å². The van der Waals surface area contributed by atoms with Gasteiger partial charge in [-0.05, 0) is 26.0 Å². The molecule has 0 aromatic carbocycles. The van der Waals surface area contributed by atoms with E-state index in [-0.39, 0.29) is 27.5 Å². The summed E-state index contributed by atoms with van der Waals surface area (Å²) < 4.78 is 33.0.